The first-order valence-corrected chi connectivity index (χ1v) is 20.1. The van der Waals surface area contributed by atoms with Gasteiger partial charge in [-0.15, -0.1) is 0 Å². The van der Waals surface area contributed by atoms with E-state index in [1.807, 2.05) is 12.1 Å². The molecule has 1 saturated carbocycles. The molecule has 2 atom stereocenters. The number of nitrogens with two attached hydrogens (primary N) is 2. The van der Waals surface area contributed by atoms with E-state index < -0.39 is 0 Å². The molecule has 1 aliphatic carbocycles. The molecule has 1 aliphatic rings. The molecule has 2 nitrogen and oxygen atoms in total. The van der Waals surface area contributed by atoms with Crippen molar-refractivity contribution in [2.75, 3.05) is 11.5 Å². The molecule has 0 aromatic heterocycles. The molecule has 0 spiro atoms. The lowest BCUT2D eigenvalue weighted by atomic mass is 9.62. The van der Waals surface area contributed by atoms with Crippen LogP contribution in [-0.2, 0) is 5.41 Å². The first kappa shape index (κ1) is 37.7. The van der Waals surface area contributed by atoms with E-state index in [9.17, 15) is 0 Å². The lowest BCUT2D eigenvalue weighted by Gasteiger charge is -2.42. The molecule has 5 rings (SSSR count). The molecule has 268 valence electrons. The van der Waals surface area contributed by atoms with Gasteiger partial charge in [0.15, 0.2) is 0 Å². The van der Waals surface area contributed by atoms with Gasteiger partial charge in [-0.1, -0.05) is 152 Å². The first-order valence-electron chi connectivity index (χ1n) is 20.1. The Balaban J connectivity index is 1.29. The van der Waals surface area contributed by atoms with Crippen molar-refractivity contribution in [1.29, 1.82) is 0 Å². The van der Waals surface area contributed by atoms with Gasteiger partial charge in [-0.05, 0) is 114 Å². The highest BCUT2D eigenvalue weighted by molar-refractivity contribution is 5.50. The summed E-state index contributed by atoms with van der Waals surface area (Å²) in [7, 11) is 0. The molecule has 0 aliphatic heterocycles. The molecule has 0 bridgehead atoms. The summed E-state index contributed by atoms with van der Waals surface area (Å²) in [6, 6.07) is 32.1. The molecule has 4 aromatic carbocycles. The van der Waals surface area contributed by atoms with Crippen molar-refractivity contribution in [3.05, 3.63) is 129 Å². The van der Waals surface area contributed by atoms with Crippen molar-refractivity contribution in [3.63, 3.8) is 0 Å². The zero-order valence-corrected chi connectivity index (χ0v) is 32.1. The van der Waals surface area contributed by atoms with Crippen LogP contribution in [-0.4, -0.2) is 0 Å². The van der Waals surface area contributed by atoms with Gasteiger partial charge in [-0.3, -0.25) is 0 Å². The van der Waals surface area contributed by atoms with Gasteiger partial charge in [0.2, 0.25) is 0 Å². The van der Waals surface area contributed by atoms with Gasteiger partial charge in [0, 0.05) is 28.6 Å². The standard InChI is InChI=1S/C48H66N2/c1-6-7-8-9-10-11-12-13-14-15-16-39-29-31-48(32-30-39,42-21-17-40(18-22-42)37(4)46-27-25-44(49)33-35(46)2)43-23-19-41(20-24-43)38(5)47-28-26-45(50)34-36(47)3/h17-28,33-34,37-39H,6-16,29-32,49-50H2,1-5H3. The minimum Gasteiger partial charge on any atom is -0.399 e. The molecule has 2 heteroatoms. The van der Waals surface area contributed by atoms with Crippen LogP contribution < -0.4 is 11.5 Å². The molecule has 4 N–H and O–H groups in total. The average Bonchev–Trinajstić information content (AvgIpc) is 3.12. The second-order valence-electron chi connectivity index (χ2n) is 15.9. The van der Waals surface area contributed by atoms with Crippen molar-refractivity contribution >= 4 is 11.4 Å². The normalized spacial score (nSPS) is 18.9. The van der Waals surface area contributed by atoms with Gasteiger partial charge >= 0.3 is 0 Å². The molecule has 0 radical (unpaired) electrons. The summed E-state index contributed by atoms with van der Waals surface area (Å²) in [5, 5.41) is 0. The number of hydrogen-bond donors (Lipinski definition) is 2. The Morgan fingerprint density at radius 3 is 1.36 bits per heavy atom. The molecule has 0 heterocycles. The van der Waals surface area contributed by atoms with Crippen LogP contribution in [0.4, 0.5) is 11.4 Å². The maximum atomic E-state index is 6.08. The Kier molecular flexibility index (Phi) is 13.7. The molecule has 4 aromatic rings. The van der Waals surface area contributed by atoms with Crippen LogP contribution in [0.5, 0.6) is 0 Å². The molecule has 50 heavy (non-hydrogen) atoms. The van der Waals surface area contributed by atoms with Gasteiger partial charge in [0.1, 0.15) is 0 Å². The lowest BCUT2D eigenvalue weighted by Crippen LogP contribution is -2.33. The number of aryl methyl sites for hydroxylation is 2. The number of anilines is 2. The predicted octanol–water partition coefficient (Wildman–Crippen LogP) is 13.6. The van der Waals surface area contributed by atoms with Gasteiger partial charge in [0.25, 0.3) is 0 Å². The van der Waals surface area contributed by atoms with Crippen LogP contribution in [0.2, 0.25) is 0 Å². The highest BCUT2D eigenvalue weighted by Crippen LogP contribution is 2.48. The van der Waals surface area contributed by atoms with Crippen LogP contribution in [0.25, 0.3) is 0 Å². The largest absolute Gasteiger partial charge is 0.399 e. The van der Waals surface area contributed by atoms with Crippen molar-refractivity contribution < 1.29 is 0 Å². The zero-order chi connectivity index (χ0) is 35.5. The van der Waals surface area contributed by atoms with E-state index >= 15 is 0 Å². The van der Waals surface area contributed by atoms with Crippen LogP contribution in [0, 0.1) is 19.8 Å². The third-order valence-electron chi connectivity index (χ3n) is 12.4. The Morgan fingerprint density at radius 1 is 0.560 bits per heavy atom. The number of unbranched alkanes of at least 4 members (excludes halogenated alkanes) is 9. The van der Waals surface area contributed by atoms with Crippen molar-refractivity contribution in [2.45, 2.75) is 148 Å². The van der Waals surface area contributed by atoms with E-state index in [1.54, 1.807) is 0 Å². The topological polar surface area (TPSA) is 52.0 Å². The quantitative estimate of drug-likeness (QED) is 0.0867. The third-order valence-corrected chi connectivity index (χ3v) is 12.4. The SMILES string of the molecule is CCCCCCCCCCCCC1CCC(c2ccc(C(C)c3ccc(N)cc3C)cc2)(c2ccc(C(C)c3ccc(N)cc3C)cc2)CC1. The Labute approximate surface area is 305 Å². The fraction of sp³-hybridized carbons (Fsp3) is 0.500. The number of nitrogen functional groups attached to an aromatic ring is 2. The van der Waals surface area contributed by atoms with Crippen molar-refractivity contribution in [1.82, 2.24) is 0 Å². The zero-order valence-electron chi connectivity index (χ0n) is 32.1. The second-order valence-corrected chi connectivity index (χ2v) is 15.9. The fourth-order valence-electron chi connectivity index (χ4n) is 9.03. The van der Waals surface area contributed by atoms with E-state index in [-0.39, 0.29) is 5.41 Å². The minimum atomic E-state index is 0.0615. The summed E-state index contributed by atoms with van der Waals surface area (Å²) < 4.78 is 0. The molecular weight excluding hydrogens is 605 g/mol. The predicted molar refractivity (Wildman–Crippen MR) is 218 cm³/mol. The Bertz CT molecular complexity index is 1500. The summed E-state index contributed by atoms with van der Waals surface area (Å²) in [4.78, 5) is 0. The smallest absolute Gasteiger partial charge is 0.0316 e. The van der Waals surface area contributed by atoms with Crippen LogP contribution in [0.15, 0.2) is 84.9 Å². The van der Waals surface area contributed by atoms with E-state index in [2.05, 4.69) is 107 Å². The van der Waals surface area contributed by atoms with E-state index in [0.717, 1.165) is 17.3 Å². The Hall–Kier alpha value is -3.52. The highest BCUT2D eigenvalue weighted by Gasteiger charge is 2.38. The van der Waals surface area contributed by atoms with Crippen LogP contribution in [0.3, 0.4) is 0 Å². The number of benzene rings is 4. The molecule has 0 saturated heterocycles. The molecule has 1 fully saturated rings. The van der Waals surface area contributed by atoms with Crippen molar-refractivity contribution in [3.8, 4) is 0 Å². The fourth-order valence-corrected chi connectivity index (χ4v) is 9.03. The van der Waals surface area contributed by atoms with Crippen LogP contribution >= 0.6 is 0 Å². The number of rotatable bonds is 17. The molecular formula is C48H66N2. The van der Waals surface area contributed by atoms with E-state index in [0.29, 0.717) is 11.8 Å². The molecule has 2 unspecified atom stereocenters. The third kappa shape index (κ3) is 9.42. The summed E-state index contributed by atoms with van der Waals surface area (Å²) >= 11 is 0. The summed E-state index contributed by atoms with van der Waals surface area (Å²) in [5.41, 5.74) is 24.8. The van der Waals surface area contributed by atoms with Crippen molar-refractivity contribution in [2.24, 2.45) is 5.92 Å². The maximum Gasteiger partial charge on any atom is 0.0316 e. The monoisotopic (exact) mass is 671 g/mol. The summed E-state index contributed by atoms with van der Waals surface area (Å²) in [6.07, 6.45) is 20.7. The van der Waals surface area contributed by atoms with E-state index in [4.69, 9.17) is 11.5 Å². The first-order chi connectivity index (χ1) is 24.2. The van der Waals surface area contributed by atoms with E-state index in [1.165, 1.54) is 141 Å². The van der Waals surface area contributed by atoms with Crippen LogP contribution in [0.1, 0.15) is 173 Å². The van der Waals surface area contributed by atoms with Gasteiger partial charge in [-0.25, -0.2) is 0 Å². The summed E-state index contributed by atoms with van der Waals surface area (Å²) in [6.45, 7) is 11.3. The maximum absolute atomic E-state index is 6.08. The molecule has 0 amide bonds. The van der Waals surface area contributed by atoms with Gasteiger partial charge in [0.05, 0.1) is 0 Å². The lowest BCUT2D eigenvalue weighted by molar-refractivity contribution is 0.250. The highest BCUT2D eigenvalue weighted by atomic mass is 14.5. The Morgan fingerprint density at radius 2 is 0.960 bits per heavy atom. The second kappa shape index (κ2) is 18.1. The minimum absolute atomic E-state index is 0.0615. The van der Waals surface area contributed by atoms with Gasteiger partial charge < -0.3 is 11.5 Å². The average molecular weight is 671 g/mol. The summed E-state index contributed by atoms with van der Waals surface area (Å²) in [5.74, 6) is 1.52. The van der Waals surface area contributed by atoms with Gasteiger partial charge in [-0.2, -0.15) is 0 Å². The number of hydrogen-bond acceptors (Lipinski definition) is 2.